The van der Waals surface area contributed by atoms with Gasteiger partial charge in [0.25, 0.3) is 0 Å². The molecule has 0 amide bonds. The van der Waals surface area contributed by atoms with Crippen LogP contribution in [0, 0.1) is 11.3 Å². The minimum Gasteiger partial charge on any atom is -0.337 e. The maximum absolute atomic E-state index is 13.4. The highest BCUT2D eigenvalue weighted by Crippen LogP contribution is 2.43. The highest BCUT2D eigenvalue weighted by atomic mass is 19.4. The van der Waals surface area contributed by atoms with Gasteiger partial charge in [0.05, 0.1) is 22.7 Å². The van der Waals surface area contributed by atoms with E-state index in [1.54, 1.807) is 24.3 Å². The molecule has 0 spiro atoms. The van der Waals surface area contributed by atoms with Crippen molar-refractivity contribution in [2.24, 2.45) is 0 Å². The minimum absolute atomic E-state index is 0.0424. The average Bonchev–Trinajstić information content (AvgIpc) is 2.97. The number of nitrogens with one attached hydrogen (secondary N) is 1. The summed E-state index contributed by atoms with van der Waals surface area (Å²) < 4.78 is 64.1. The number of alkyl halides is 5. The number of aromatic amines is 1. The Hall–Kier alpha value is -2.95. The van der Waals surface area contributed by atoms with E-state index < -0.39 is 17.9 Å². The quantitative estimate of drug-likeness (QED) is 0.686. The molecule has 24 heavy (non-hydrogen) atoms. The van der Waals surface area contributed by atoms with Gasteiger partial charge >= 0.3 is 12.1 Å². The van der Waals surface area contributed by atoms with Gasteiger partial charge in [0.15, 0.2) is 5.82 Å². The van der Waals surface area contributed by atoms with E-state index in [0.717, 1.165) is 0 Å². The number of nitrogens with zero attached hydrogens (tertiary/aromatic N) is 2. The molecule has 122 valence electrons. The van der Waals surface area contributed by atoms with Crippen molar-refractivity contribution in [3.63, 3.8) is 0 Å². The van der Waals surface area contributed by atoms with Crippen LogP contribution in [0.4, 0.5) is 22.0 Å². The smallest absolute Gasteiger partial charge is 0.337 e. The Bertz CT molecular complexity index is 950. The van der Waals surface area contributed by atoms with Crippen LogP contribution in [-0.4, -0.2) is 16.1 Å². The van der Waals surface area contributed by atoms with Crippen molar-refractivity contribution in [3.8, 4) is 17.2 Å². The first kappa shape index (κ1) is 15.9. The first-order chi connectivity index (χ1) is 11.2. The van der Waals surface area contributed by atoms with Crippen molar-refractivity contribution in [2.75, 3.05) is 0 Å². The molecule has 8 heteroatoms. The van der Waals surface area contributed by atoms with E-state index in [9.17, 15) is 22.0 Å². The normalized spacial score (nSPS) is 12.3. The molecule has 3 nitrogen and oxygen atoms in total. The summed E-state index contributed by atoms with van der Waals surface area (Å²) in [5.41, 5.74) is 1.39. The molecule has 0 unspecified atom stereocenters. The lowest BCUT2D eigenvalue weighted by molar-refractivity contribution is -0.292. The van der Waals surface area contributed by atoms with Crippen LogP contribution in [0.25, 0.3) is 22.2 Å². The molecule has 3 rings (SSSR count). The van der Waals surface area contributed by atoms with Gasteiger partial charge in [0, 0.05) is 0 Å². The lowest BCUT2D eigenvalue weighted by Gasteiger charge is -2.16. The molecule has 0 atom stereocenters. The van der Waals surface area contributed by atoms with Crippen molar-refractivity contribution in [1.29, 1.82) is 5.26 Å². The number of rotatable bonds is 2. The lowest BCUT2D eigenvalue weighted by Crippen LogP contribution is -2.34. The van der Waals surface area contributed by atoms with Crippen LogP contribution in [-0.2, 0) is 5.92 Å². The van der Waals surface area contributed by atoms with Gasteiger partial charge in [-0.15, -0.1) is 0 Å². The van der Waals surface area contributed by atoms with Gasteiger partial charge in [0.1, 0.15) is 0 Å². The van der Waals surface area contributed by atoms with E-state index in [4.69, 9.17) is 5.26 Å². The van der Waals surface area contributed by atoms with Crippen LogP contribution >= 0.6 is 0 Å². The lowest BCUT2D eigenvalue weighted by atomic mass is 10.0. The first-order valence-electron chi connectivity index (χ1n) is 6.68. The largest absolute Gasteiger partial charge is 0.461 e. The minimum atomic E-state index is -5.74. The fraction of sp³-hybridized carbons (Fsp3) is 0.125. The first-order valence-corrected chi connectivity index (χ1v) is 6.68. The number of aromatic nitrogens is 2. The molecule has 0 aliphatic rings. The zero-order valence-corrected chi connectivity index (χ0v) is 11.8. The third kappa shape index (κ3) is 2.48. The summed E-state index contributed by atoms with van der Waals surface area (Å²) in [5.74, 6) is -6.53. The predicted octanol–water partition coefficient (Wildman–Crippen LogP) is 4.76. The third-order valence-electron chi connectivity index (χ3n) is 3.50. The van der Waals surface area contributed by atoms with Crippen molar-refractivity contribution in [2.45, 2.75) is 12.1 Å². The number of benzene rings is 2. The number of fused-ring (bicyclic) bond motifs is 1. The van der Waals surface area contributed by atoms with Crippen molar-refractivity contribution in [3.05, 3.63) is 53.9 Å². The summed E-state index contributed by atoms with van der Waals surface area (Å²) in [7, 11) is 0. The van der Waals surface area contributed by atoms with E-state index in [-0.39, 0.29) is 11.0 Å². The Kier molecular flexibility index (Phi) is 3.52. The molecule has 2 aromatic carbocycles. The zero-order valence-electron chi connectivity index (χ0n) is 11.8. The fourth-order valence-corrected chi connectivity index (χ4v) is 2.29. The van der Waals surface area contributed by atoms with E-state index in [1.807, 2.05) is 11.1 Å². The molecular formula is C16H8F5N3. The summed E-state index contributed by atoms with van der Waals surface area (Å²) >= 11 is 0. The van der Waals surface area contributed by atoms with Gasteiger partial charge in [-0.2, -0.15) is 27.2 Å². The zero-order chi connectivity index (χ0) is 17.5. The van der Waals surface area contributed by atoms with Crippen molar-refractivity contribution in [1.82, 2.24) is 9.97 Å². The summed E-state index contributed by atoms with van der Waals surface area (Å²) in [5, 5.41) is 9.10. The topological polar surface area (TPSA) is 52.5 Å². The van der Waals surface area contributed by atoms with Crippen LogP contribution in [0.2, 0.25) is 0 Å². The molecule has 0 saturated carbocycles. The van der Waals surface area contributed by atoms with Gasteiger partial charge in [-0.1, -0.05) is 24.3 Å². The number of imidazole rings is 1. The second-order valence-corrected chi connectivity index (χ2v) is 5.05. The summed E-state index contributed by atoms with van der Waals surface area (Å²) in [6.45, 7) is 0. The van der Waals surface area contributed by atoms with Crippen LogP contribution < -0.4 is 0 Å². The SMILES string of the molecule is N#Cc1ccccc1-c1ccc2[nH]c(C(F)(F)C(F)(F)F)nc2c1. The molecule has 0 aliphatic heterocycles. The Morgan fingerprint density at radius 3 is 2.38 bits per heavy atom. The van der Waals surface area contributed by atoms with Crippen LogP contribution in [0.3, 0.4) is 0 Å². The van der Waals surface area contributed by atoms with Gasteiger partial charge in [0.2, 0.25) is 0 Å². The molecule has 0 aliphatic carbocycles. The maximum atomic E-state index is 13.4. The summed E-state index contributed by atoms with van der Waals surface area (Å²) in [6, 6.07) is 12.8. The molecule has 0 fully saturated rings. The molecule has 0 saturated heterocycles. The standard InChI is InChI=1S/C16H8F5N3/c17-15(18,16(19,20)21)14-23-12-6-5-9(7-13(12)24-14)11-4-2-1-3-10(11)8-22/h1-7H,(H,23,24). The van der Waals surface area contributed by atoms with Gasteiger partial charge < -0.3 is 4.98 Å². The molecule has 1 heterocycles. The maximum Gasteiger partial charge on any atom is 0.461 e. The second kappa shape index (κ2) is 5.30. The van der Waals surface area contributed by atoms with Crippen molar-refractivity contribution >= 4 is 11.0 Å². The number of hydrogen-bond acceptors (Lipinski definition) is 2. The molecule has 0 bridgehead atoms. The highest BCUT2D eigenvalue weighted by Gasteiger charge is 2.61. The van der Waals surface area contributed by atoms with E-state index in [2.05, 4.69) is 4.98 Å². The predicted molar refractivity (Wildman–Crippen MR) is 76.2 cm³/mol. The van der Waals surface area contributed by atoms with Crippen LogP contribution in [0.5, 0.6) is 0 Å². The van der Waals surface area contributed by atoms with Crippen molar-refractivity contribution < 1.29 is 22.0 Å². The van der Waals surface area contributed by atoms with Gasteiger partial charge in [-0.25, -0.2) is 4.98 Å². The number of hydrogen-bond donors (Lipinski definition) is 1. The molecule has 1 N–H and O–H groups in total. The number of nitriles is 1. The molecule has 1 aromatic heterocycles. The Morgan fingerprint density at radius 1 is 1.00 bits per heavy atom. The molecule has 3 aromatic rings. The second-order valence-electron chi connectivity index (χ2n) is 5.05. The van der Waals surface area contributed by atoms with E-state index >= 15 is 0 Å². The number of halogens is 5. The Morgan fingerprint density at radius 2 is 1.71 bits per heavy atom. The van der Waals surface area contributed by atoms with E-state index in [1.165, 1.54) is 18.2 Å². The Balaban J connectivity index is 2.13. The van der Waals surface area contributed by atoms with Gasteiger partial charge in [-0.05, 0) is 29.3 Å². The average molecular weight is 337 g/mol. The monoisotopic (exact) mass is 337 g/mol. The Labute approximate surface area is 132 Å². The summed E-state index contributed by atoms with van der Waals surface area (Å²) in [4.78, 5) is 5.39. The van der Waals surface area contributed by atoms with Crippen LogP contribution in [0.15, 0.2) is 42.5 Å². The van der Waals surface area contributed by atoms with Crippen LogP contribution in [0.1, 0.15) is 11.4 Å². The highest BCUT2D eigenvalue weighted by molar-refractivity contribution is 5.83. The fourth-order valence-electron chi connectivity index (χ4n) is 2.29. The van der Waals surface area contributed by atoms with E-state index in [0.29, 0.717) is 16.7 Å². The number of H-pyrrole nitrogens is 1. The molecular weight excluding hydrogens is 329 g/mol. The molecule has 0 radical (unpaired) electrons. The summed E-state index contributed by atoms with van der Waals surface area (Å²) in [6.07, 6.45) is -5.74. The third-order valence-corrected chi connectivity index (χ3v) is 3.50. The van der Waals surface area contributed by atoms with Gasteiger partial charge in [-0.3, -0.25) is 0 Å².